The van der Waals surface area contributed by atoms with Gasteiger partial charge < -0.3 is 10.2 Å². The van der Waals surface area contributed by atoms with Crippen LogP contribution in [0.3, 0.4) is 0 Å². The van der Waals surface area contributed by atoms with E-state index in [-0.39, 0.29) is 17.1 Å². The first kappa shape index (κ1) is 13.0. The molecule has 5 heteroatoms. The molecule has 1 aromatic carbocycles. The first-order valence-electron chi connectivity index (χ1n) is 5.85. The van der Waals surface area contributed by atoms with Gasteiger partial charge in [0.2, 0.25) is 11.8 Å². The van der Waals surface area contributed by atoms with Crippen LogP contribution >= 0.6 is 11.8 Å². The average Bonchev–Trinajstić information content (AvgIpc) is 2.63. The van der Waals surface area contributed by atoms with Crippen molar-refractivity contribution >= 4 is 29.3 Å². The van der Waals surface area contributed by atoms with Crippen molar-refractivity contribution in [1.29, 1.82) is 0 Å². The van der Waals surface area contributed by atoms with Crippen molar-refractivity contribution in [3.8, 4) is 0 Å². The van der Waals surface area contributed by atoms with Gasteiger partial charge in [0.05, 0.1) is 5.25 Å². The zero-order chi connectivity index (χ0) is 13.1. The lowest BCUT2D eigenvalue weighted by molar-refractivity contribution is -0.126. The van der Waals surface area contributed by atoms with Gasteiger partial charge in [-0.1, -0.05) is 0 Å². The molecular formula is C13H16N2O2S. The van der Waals surface area contributed by atoms with Gasteiger partial charge >= 0.3 is 0 Å². The number of hydrogen-bond donors (Lipinski definition) is 1. The van der Waals surface area contributed by atoms with Crippen molar-refractivity contribution in [1.82, 2.24) is 4.90 Å². The second-order valence-corrected chi connectivity index (χ2v) is 5.64. The largest absolute Gasteiger partial charge is 0.345 e. The minimum Gasteiger partial charge on any atom is -0.345 e. The van der Waals surface area contributed by atoms with E-state index < -0.39 is 0 Å². The number of likely N-dealkylation sites (tertiary alicyclic amines) is 1. The fraction of sp³-hybridized carbons (Fsp3) is 0.385. The van der Waals surface area contributed by atoms with Crippen LogP contribution in [0.15, 0.2) is 29.2 Å². The Balaban J connectivity index is 1.98. The van der Waals surface area contributed by atoms with E-state index in [9.17, 15) is 9.59 Å². The summed E-state index contributed by atoms with van der Waals surface area (Å²) >= 11 is 1.59. The zero-order valence-corrected chi connectivity index (χ0v) is 11.3. The van der Waals surface area contributed by atoms with Crippen molar-refractivity contribution in [3.05, 3.63) is 24.3 Å². The number of amides is 2. The quantitative estimate of drug-likeness (QED) is 0.908. The minimum absolute atomic E-state index is 0.0293. The van der Waals surface area contributed by atoms with Crippen molar-refractivity contribution in [2.45, 2.75) is 23.5 Å². The maximum absolute atomic E-state index is 11.8. The molecule has 1 N–H and O–H groups in total. The van der Waals surface area contributed by atoms with E-state index in [1.165, 1.54) is 6.92 Å². The van der Waals surface area contributed by atoms with Gasteiger partial charge in [-0.05, 0) is 30.7 Å². The highest BCUT2D eigenvalue weighted by Gasteiger charge is 2.29. The van der Waals surface area contributed by atoms with E-state index in [4.69, 9.17) is 0 Å². The maximum atomic E-state index is 11.8. The van der Waals surface area contributed by atoms with Crippen LogP contribution in [0, 0.1) is 0 Å². The van der Waals surface area contributed by atoms with Crippen LogP contribution in [0.2, 0.25) is 0 Å². The Morgan fingerprint density at radius 3 is 2.56 bits per heavy atom. The number of carbonyl (C=O) groups excluding carboxylic acids is 2. The number of carbonyl (C=O) groups is 2. The van der Waals surface area contributed by atoms with Gasteiger partial charge in [-0.15, -0.1) is 11.8 Å². The average molecular weight is 264 g/mol. The lowest BCUT2D eigenvalue weighted by Gasteiger charge is -2.10. The summed E-state index contributed by atoms with van der Waals surface area (Å²) in [5.74, 6) is 0.119. The van der Waals surface area contributed by atoms with Crippen LogP contribution in [0.4, 0.5) is 5.69 Å². The smallest absolute Gasteiger partial charge is 0.235 e. The van der Waals surface area contributed by atoms with Crippen molar-refractivity contribution in [3.63, 3.8) is 0 Å². The van der Waals surface area contributed by atoms with E-state index in [0.717, 1.165) is 23.5 Å². The second kappa shape index (κ2) is 5.44. The predicted molar refractivity (Wildman–Crippen MR) is 72.6 cm³/mol. The third-order valence-corrected chi connectivity index (χ3v) is 4.10. The van der Waals surface area contributed by atoms with Gasteiger partial charge in [-0.2, -0.15) is 0 Å². The van der Waals surface area contributed by atoms with Crippen LogP contribution in [0.5, 0.6) is 0 Å². The van der Waals surface area contributed by atoms with Gasteiger partial charge in [0.25, 0.3) is 0 Å². The number of thioether (sulfide) groups is 1. The summed E-state index contributed by atoms with van der Waals surface area (Å²) in [6, 6.07) is 7.57. The van der Waals surface area contributed by atoms with Crippen LogP contribution in [0.25, 0.3) is 0 Å². The number of anilines is 1. The Morgan fingerprint density at radius 1 is 1.39 bits per heavy atom. The normalized spacial score (nSPS) is 19.1. The van der Waals surface area contributed by atoms with E-state index in [0.29, 0.717) is 0 Å². The molecule has 0 spiro atoms. The molecule has 0 aromatic heterocycles. The third-order valence-electron chi connectivity index (χ3n) is 2.83. The lowest BCUT2D eigenvalue weighted by Crippen LogP contribution is -2.23. The second-order valence-electron chi connectivity index (χ2n) is 4.36. The minimum atomic E-state index is -0.0806. The molecule has 0 radical (unpaired) electrons. The summed E-state index contributed by atoms with van der Waals surface area (Å²) < 4.78 is 0. The molecule has 2 rings (SSSR count). The molecule has 1 aliphatic rings. The monoisotopic (exact) mass is 264 g/mol. The Kier molecular flexibility index (Phi) is 3.91. The Morgan fingerprint density at radius 2 is 2.06 bits per heavy atom. The highest BCUT2D eigenvalue weighted by molar-refractivity contribution is 8.00. The molecule has 1 aromatic rings. The Hall–Kier alpha value is -1.49. The summed E-state index contributed by atoms with van der Waals surface area (Å²) in [6.45, 7) is 2.32. The van der Waals surface area contributed by atoms with E-state index in [1.54, 1.807) is 16.7 Å². The molecule has 18 heavy (non-hydrogen) atoms. The topological polar surface area (TPSA) is 49.4 Å². The Labute approximate surface area is 111 Å². The molecule has 0 saturated carbocycles. The summed E-state index contributed by atoms with van der Waals surface area (Å²) in [4.78, 5) is 25.5. The van der Waals surface area contributed by atoms with Crippen LogP contribution in [-0.4, -0.2) is 35.6 Å². The molecule has 1 fully saturated rings. The third kappa shape index (κ3) is 3.04. The van der Waals surface area contributed by atoms with E-state index >= 15 is 0 Å². The van der Waals surface area contributed by atoms with Crippen molar-refractivity contribution in [2.24, 2.45) is 0 Å². The van der Waals surface area contributed by atoms with Gasteiger partial charge in [0.1, 0.15) is 0 Å². The summed E-state index contributed by atoms with van der Waals surface area (Å²) in [5.41, 5.74) is 0.779. The zero-order valence-electron chi connectivity index (χ0n) is 10.5. The SMILES string of the molecule is CC(=O)Nc1ccc(SC2CCN(C)C2=O)cc1. The lowest BCUT2D eigenvalue weighted by atomic mass is 10.3. The molecule has 1 atom stereocenters. The molecule has 1 heterocycles. The molecule has 96 valence electrons. The van der Waals surface area contributed by atoms with Gasteiger partial charge in [-0.3, -0.25) is 9.59 Å². The van der Waals surface area contributed by atoms with Crippen molar-refractivity contribution in [2.75, 3.05) is 18.9 Å². The van der Waals surface area contributed by atoms with Crippen LogP contribution in [0.1, 0.15) is 13.3 Å². The number of rotatable bonds is 3. The molecule has 1 unspecified atom stereocenters. The predicted octanol–water partition coefficient (Wildman–Crippen LogP) is 1.97. The molecule has 0 bridgehead atoms. The molecule has 1 aliphatic heterocycles. The highest BCUT2D eigenvalue weighted by atomic mass is 32.2. The first-order chi connectivity index (χ1) is 8.56. The van der Waals surface area contributed by atoms with Gasteiger partial charge in [0.15, 0.2) is 0 Å². The number of nitrogens with one attached hydrogen (secondary N) is 1. The standard InChI is InChI=1S/C13H16N2O2S/c1-9(16)14-10-3-5-11(6-4-10)18-12-7-8-15(2)13(12)17/h3-6,12H,7-8H2,1-2H3,(H,14,16). The van der Waals surface area contributed by atoms with Gasteiger partial charge in [-0.25, -0.2) is 0 Å². The Bertz CT molecular complexity index is 459. The van der Waals surface area contributed by atoms with Crippen LogP contribution in [-0.2, 0) is 9.59 Å². The summed E-state index contributed by atoms with van der Waals surface area (Å²) in [7, 11) is 1.84. The van der Waals surface area contributed by atoms with E-state index in [1.807, 2.05) is 31.3 Å². The number of hydrogen-bond acceptors (Lipinski definition) is 3. The summed E-state index contributed by atoms with van der Waals surface area (Å²) in [5, 5.41) is 2.75. The molecule has 1 saturated heterocycles. The number of nitrogens with zero attached hydrogens (tertiary/aromatic N) is 1. The van der Waals surface area contributed by atoms with Crippen LogP contribution < -0.4 is 5.32 Å². The summed E-state index contributed by atoms with van der Waals surface area (Å²) in [6.07, 6.45) is 0.896. The van der Waals surface area contributed by atoms with Gasteiger partial charge in [0, 0.05) is 31.1 Å². The van der Waals surface area contributed by atoms with Crippen molar-refractivity contribution < 1.29 is 9.59 Å². The molecular weight excluding hydrogens is 248 g/mol. The maximum Gasteiger partial charge on any atom is 0.235 e. The fourth-order valence-corrected chi connectivity index (χ4v) is 3.01. The number of benzene rings is 1. The first-order valence-corrected chi connectivity index (χ1v) is 6.73. The highest BCUT2D eigenvalue weighted by Crippen LogP contribution is 2.30. The fourth-order valence-electron chi connectivity index (χ4n) is 1.88. The van der Waals surface area contributed by atoms with E-state index in [2.05, 4.69) is 5.32 Å². The molecule has 4 nitrogen and oxygen atoms in total. The molecule has 2 amide bonds. The molecule has 0 aliphatic carbocycles.